The zero-order valence-electron chi connectivity index (χ0n) is 12.9. The summed E-state index contributed by atoms with van der Waals surface area (Å²) >= 11 is 8.79. The van der Waals surface area contributed by atoms with Crippen molar-refractivity contribution in [3.8, 4) is 9.88 Å². The summed E-state index contributed by atoms with van der Waals surface area (Å²) in [7, 11) is 0. The molecule has 0 aliphatic carbocycles. The number of thiophene rings is 1. The Balaban J connectivity index is 1.48. The first-order valence-corrected chi connectivity index (χ1v) is 9.43. The van der Waals surface area contributed by atoms with E-state index in [0.717, 1.165) is 15.4 Å². The van der Waals surface area contributed by atoms with Gasteiger partial charge in [0.05, 0.1) is 4.88 Å². The van der Waals surface area contributed by atoms with Gasteiger partial charge >= 0.3 is 5.97 Å². The van der Waals surface area contributed by atoms with Crippen molar-refractivity contribution < 1.29 is 14.3 Å². The fraction of sp³-hybridized carbons (Fsp3) is 0.118. The molecule has 1 amide bonds. The normalized spacial score (nSPS) is 10.4. The second kappa shape index (κ2) is 8.24. The number of thiazole rings is 1. The molecule has 3 rings (SSSR count). The first-order chi connectivity index (χ1) is 12.1. The van der Waals surface area contributed by atoms with E-state index in [2.05, 4.69) is 10.3 Å². The van der Waals surface area contributed by atoms with Crippen molar-refractivity contribution >= 4 is 46.2 Å². The Hall–Kier alpha value is -2.22. The van der Waals surface area contributed by atoms with Gasteiger partial charge in [0, 0.05) is 16.9 Å². The third-order valence-electron chi connectivity index (χ3n) is 3.16. The van der Waals surface area contributed by atoms with Crippen LogP contribution in [0.15, 0.2) is 47.2 Å². The van der Waals surface area contributed by atoms with Crippen molar-refractivity contribution in [2.45, 2.75) is 6.54 Å². The van der Waals surface area contributed by atoms with Gasteiger partial charge in [0.15, 0.2) is 12.3 Å². The molecule has 2 aromatic heterocycles. The quantitative estimate of drug-likeness (QED) is 0.644. The molecule has 0 saturated heterocycles. The molecule has 0 atom stereocenters. The van der Waals surface area contributed by atoms with E-state index >= 15 is 0 Å². The summed E-state index contributed by atoms with van der Waals surface area (Å²) in [5.74, 6) is -1.00. The van der Waals surface area contributed by atoms with Crippen LogP contribution in [-0.2, 0) is 16.1 Å². The van der Waals surface area contributed by atoms with Gasteiger partial charge in [-0.3, -0.25) is 4.79 Å². The Kier molecular flexibility index (Phi) is 5.80. The number of halogens is 1. The van der Waals surface area contributed by atoms with E-state index in [-0.39, 0.29) is 18.2 Å². The highest BCUT2D eigenvalue weighted by atomic mass is 35.5. The number of carbonyl (C=O) groups is 2. The van der Waals surface area contributed by atoms with E-state index in [0.29, 0.717) is 11.6 Å². The van der Waals surface area contributed by atoms with E-state index in [1.54, 1.807) is 34.9 Å². The molecule has 0 bridgehead atoms. The topological polar surface area (TPSA) is 68.3 Å². The average Bonchev–Trinajstić information content (AvgIpc) is 3.28. The molecule has 0 fully saturated rings. The van der Waals surface area contributed by atoms with Crippen LogP contribution in [0.3, 0.4) is 0 Å². The minimum Gasteiger partial charge on any atom is -0.451 e. The van der Waals surface area contributed by atoms with E-state index in [4.69, 9.17) is 16.3 Å². The summed E-state index contributed by atoms with van der Waals surface area (Å²) in [6.45, 7) is -0.0402. The Morgan fingerprint density at radius 1 is 1.20 bits per heavy atom. The van der Waals surface area contributed by atoms with Gasteiger partial charge in [-0.2, -0.15) is 0 Å². The highest BCUT2D eigenvalue weighted by Gasteiger charge is 2.15. The smallest absolute Gasteiger partial charge is 0.358 e. The van der Waals surface area contributed by atoms with Crippen molar-refractivity contribution in [3.63, 3.8) is 0 Å². The Morgan fingerprint density at radius 2 is 2.08 bits per heavy atom. The molecule has 25 heavy (non-hydrogen) atoms. The van der Waals surface area contributed by atoms with Crippen LogP contribution in [-0.4, -0.2) is 23.5 Å². The molecule has 5 nitrogen and oxygen atoms in total. The molecule has 0 spiro atoms. The molecule has 128 valence electrons. The van der Waals surface area contributed by atoms with Crippen LogP contribution in [0.4, 0.5) is 0 Å². The molecule has 2 heterocycles. The molecule has 1 aromatic carbocycles. The number of carbonyl (C=O) groups excluding carboxylic acids is 2. The molecule has 0 radical (unpaired) electrons. The second-order valence-electron chi connectivity index (χ2n) is 5.00. The van der Waals surface area contributed by atoms with E-state index in [1.165, 1.54) is 11.3 Å². The third kappa shape index (κ3) is 4.88. The van der Waals surface area contributed by atoms with Crippen molar-refractivity contribution in [1.82, 2.24) is 10.3 Å². The first kappa shape index (κ1) is 17.6. The zero-order chi connectivity index (χ0) is 17.6. The number of hydrogen-bond acceptors (Lipinski definition) is 6. The molecule has 8 heteroatoms. The van der Waals surface area contributed by atoms with Crippen LogP contribution in [0.2, 0.25) is 5.02 Å². The number of amides is 1. The molecular weight excluding hydrogens is 380 g/mol. The van der Waals surface area contributed by atoms with Gasteiger partial charge in [-0.15, -0.1) is 22.7 Å². The molecule has 0 saturated carbocycles. The second-order valence-corrected chi connectivity index (χ2v) is 7.24. The summed E-state index contributed by atoms with van der Waals surface area (Å²) in [6.07, 6.45) is 0. The summed E-state index contributed by atoms with van der Waals surface area (Å²) in [5.41, 5.74) is 1.07. The summed E-state index contributed by atoms with van der Waals surface area (Å²) in [6, 6.07) is 11.0. The van der Waals surface area contributed by atoms with Crippen LogP contribution >= 0.6 is 34.3 Å². The van der Waals surface area contributed by atoms with Gasteiger partial charge in [0.2, 0.25) is 0 Å². The lowest BCUT2D eigenvalue weighted by molar-refractivity contribution is -0.124. The third-order valence-corrected chi connectivity index (χ3v) is 5.27. The van der Waals surface area contributed by atoms with Gasteiger partial charge in [-0.1, -0.05) is 29.8 Å². The SMILES string of the molecule is O=C(COC(=O)c1csc(-c2cccs2)n1)NCc1cccc(Cl)c1. The molecule has 0 unspecified atom stereocenters. The van der Waals surface area contributed by atoms with E-state index in [1.807, 2.05) is 23.6 Å². The van der Waals surface area contributed by atoms with Gasteiger partial charge in [-0.05, 0) is 29.1 Å². The molecule has 3 aromatic rings. The number of aromatic nitrogens is 1. The summed E-state index contributed by atoms with van der Waals surface area (Å²) in [4.78, 5) is 29.0. The number of esters is 1. The molecule has 0 aliphatic rings. The maximum Gasteiger partial charge on any atom is 0.358 e. The maximum absolute atomic E-state index is 12.0. The van der Waals surface area contributed by atoms with Crippen molar-refractivity contribution in [2.24, 2.45) is 0 Å². The molecule has 1 N–H and O–H groups in total. The monoisotopic (exact) mass is 392 g/mol. The predicted molar refractivity (Wildman–Crippen MR) is 99.0 cm³/mol. The van der Waals surface area contributed by atoms with Gasteiger partial charge in [0.1, 0.15) is 5.01 Å². The molecular formula is C17H13ClN2O3S2. The van der Waals surface area contributed by atoms with Crippen LogP contribution < -0.4 is 5.32 Å². The van der Waals surface area contributed by atoms with E-state index < -0.39 is 5.97 Å². The fourth-order valence-electron chi connectivity index (χ4n) is 1.98. The largest absolute Gasteiger partial charge is 0.451 e. The minimum atomic E-state index is -0.614. The highest BCUT2D eigenvalue weighted by molar-refractivity contribution is 7.20. The highest BCUT2D eigenvalue weighted by Crippen LogP contribution is 2.27. The predicted octanol–water partition coefficient (Wildman–Crippen LogP) is 4.00. The molecule has 0 aliphatic heterocycles. The minimum absolute atomic E-state index is 0.205. The number of benzene rings is 1. The zero-order valence-corrected chi connectivity index (χ0v) is 15.3. The Morgan fingerprint density at radius 3 is 2.84 bits per heavy atom. The lowest BCUT2D eigenvalue weighted by atomic mass is 10.2. The first-order valence-electron chi connectivity index (χ1n) is 7.29. The van der Waals surface area contributed by atoms with Gasteiger partial charge < -0.3 is 10.1 Å². The van der Waals surface area contributed by atoms with Crippen molar-refractivity contribution in [3.05, 3.63) is 63.4 Å². The number of ether oxygens (including phenoxy) is 1. The fourth-order valence-corrected chi connectivity index (χ4v) is 3.80. The number of hydrogen-bond donors (Lipinski definition) is 1. The van der Waals surface area contributed by atoms with Crippen LogP contribution in [0, 0.1) is 0 Å². The van der Waals surface area contributed by atoms with Crippen molar-refractivity contribution in [1.29, 1.82) is 0 Å². The van der Waals surface area contributed by atoms with E-state index in [9.17, 15) is 9.59 Å². The van der Waals surface area contributed by atoms with Crippen LogP contribution in [0.5, 0.6) is 0 Å². The van der Waals surface area contributed by atoms with Crippen molar-refractivity contribution in [2.75, 3.05) is 6.61 Å². The number of rotatable bonds is 6. The maximum atomic E-state index is 12.0. The Bertz CT molecular complexity index is 878. The standard InChI is InChI=1S/C17H13ClN2O3S2/c18-12-4-1-3-11(7-12)8-19-15(21)9-23-17(22)13-10-25-16(20-13)14-5-2-6-24-14/h1-7,10H,8-9H2,(H,19,21). The van der Waals surface area contributed by atoms with Crippen LogP contribution in [0.1, 0.15) is 16.1 Å². The van der Waals surface area contributed by atoms with Gasteiger partial charge in [0.25, 0.3) is 5.91 Å². The number of nitrogens with zero attached hydrogens (tertiary/aromatic N) is 1. The van der Waals surface area contributed by atoms with Gasteiger partial charge in [-0.25, -0.2) is 9.78 Å². The summed E-state index contributed by atoms with van der Waals surface area (Å²) < 4.78 is 5.00. The number of nitrogens with one attached hydrogen (secondary N) is 1. The Labute approximate surface area is 157 Å². The average molecular weight is 393 g/mol. The van der Waals surface area contributed by atoms with Crippen LogP contribution in [0.25, 0.3) is 9.88 Å². The lowest BCUT2D eigenvalue weighted by Crippen LogP contribution is -2.28. The lowest BCUT2D eigenvalue weighted by Gasteiger charge is -2.06. The summed E-state index contributed by atoms with van der Waals surface area (Å²) in [5, 5.41) is 7.60.